The number of benzene rings is 1. The van der Waals surface area contributed by atoms with Crippen LogP contribution in [0.1, 0.15) is 6.42 Å². The second-order valence-electron chi connectivity index (χ2n) is 2.83. The summed E-state index contributed by atoms with van der Waals surface area (Å²) in [7, 11) is 0. The van der Waals surface area contributed by atoms with Crippen LogP contribution in [-0.4, -0.2) is 11.2 Å². The molecule has 0 fully saturated rings. The predicted molar refractivity (Wildman–Crippen MR) is 59.8 cm³/mol. The smallest absolute Gasteiger partial charge is 0.105 e. The SMILES string of the molecule is Clc1cccc(N2CCC(Br)=N2)c1. The topological polar surface area (TPSA) is 15.6 Å². The third-order valence-corrected chi connectivity index (χ3v) is 2.66. The minimum Gasteiger partial charge on any atom is -0.264 e. The lowest BCUT2D eigenvalue weighted by Gasteiger charge is -2.12. The van der Waals surface area contributed by atoms with Gasteiger partial charge in [-0.25, -0.2) is 0 Å². The van der Waals surface area contributed by atoms with E-state index < -0.39 is 0 Å². The summed E-state index contributed by atoms with van der Waals surface area (Å²) in [4.78, 5) is 0. The van der Waals surface area contributed by atoms with Crippen LogP contribution >= 0.6 is 27.5 Å². The number of hydrogen-bond donors (Lipinski definition) is 0. The Kier molecular flexibility index (Phi) is 2.56. The third-order valence-electron chi connectivity index (χ3n) is 1.87. The minimum absolute atomic E-state index is 0.746. The van der Waals surface area contributed by atoms with Crippen molar-refractivity contribution in [1.82, 2.24) is 0 Å². The van der Waals surface area contributed by atoms with Crippen molar-refractivity contribution in [3.8, 4) is 0 Å². The van der Waals surface area contributed by atoms with Gasteiger partial charge in [-0.3, -0.25) is 5.01 Å². The standard InChI is InChI=1S/C9H8BrClN2/c10-9-4-5-13(12-9)8-3-1-2-7(11)6-8/h1-3,6H,4-5H2. The molecule has 1 aliphatic heterocycles. The van der Waals surface area contributed by atoms with Crippen LogP contribution < -0.4 is 5.01 Å². The zero-order valence-electron chi connectivity index (χ0n) is 6.87. The van der Waals surface area contributed by atoms with E-state index in [9.17, 15) is 0 Å². The van der Waals surface area contributed by atoms with Crippen molar-refractivity contribution in [1.29, 1.82) is 0 Å². The van der Waals surface area contributed by atoms with Crippen LogP contribution in [0, 0.1) is 0 Å². The van der Waals surface area contributed by atoms with Gasteiger partial charge in [0, 0.05) is 18.0 Å². The molecule has 2 nitrogen and oxygen atoms in total. The highest BCUT2D eigenvalue weighted by atomic mass is 79.9. The van der Waals surface area contributed by atoms with Gasteiger partial charge in [0.2, 0.25) is 0 Å². The zero-order chi connectivity index (χ0) is 9.26. The molecule has 0 N–H and O–H groups in total. The minimum atomic E-state index is 0.746. The molecule has 1 aromatic rings. The number of halogens is 2. The lowest BCUT2D eigenvalue weighted by molar-refractivity contribution is 0.922. The Morgan fingerprint density at radius 1 is 1.46 bits per heavy atom. The van der Waals surface area contributed by atoms with Crippen LogP contribution in [-0.2, 0) is 0 Å². The summed E-state index contributed by atoms with van der Waals surface area (Å²) in [5.74, 6) is 0. The van der Waals surface area contributed by atoms with E-state index in [2.05, 4.69) is 21.0 Å². The number of anilines is 1. The number of nitrogens with zero attached hydrogens (tertiary/aromatic N) is 2. The molecule has 0 amide bonds. The van der Waals surface area contributed by atoms with E-state index in [4.69, 9.17) is 11.6 Å². The van der Waals surface area contributed by atoms with E-state index in [1.54, 1.807) is 0 Å². The van der Waals surface area contributed by atoms with Gasteiger partial charge in [0.15, 0.2) is 0 Å². The summed E-state index contributed by atoms with van der Waals surface area (Å²) in [6.45, 7) is 0.918. The molecule has 1 aromatic carbocycles. The first-order valence-electron chi connectivity index (χ1n) is 4.02. The summed E-state index contributed by atoms with van der Waals surface area (Å²) >= 11 is 9.24. The summed E-state index contributed by atoms with van der Waals surface area (Å²) in [5.41, 5.74) is 1.04. The number of hydrogen-bond acceptors (Lipinski definition) is 2. The molecule has 4 heteroatoms. The Morgan fingerprint density at radius 3 is 2.92 bits per heavy atom. The van der Waals surface area contributed by atoms with E-state index in [0.29, 0.717) is 0 Å². The van der Waals surface area contributed by atoms with E-state index in [0.717, 1.165) is 28.3 Å². The first-order valence-corrected chi connectivity index (χ1v) is 5.19. The van der Waals surface area contributed by atoms with E-state index >= 15 is 0 Å². The normalized spacial score (nSPS) is 16.2. The molecule has 0 spiro atoms. The Labute approximate surface area is 90.3 Å². The van der Waals surface area contributed by atoms with Crippen LogP contribution in [0.2, 0.25) is 5.02 Å². The molecule has 68 valence electrons. The average molecular weight is 260 g/mol. The van der Waals surface area contributed by atoms with Gasteiger partial charge in [-0.15, -0.1) is 0 Å². The zero-order valence-corrected chi connectivity index (χ0v) is 9.22. The van der Waals surface area contributed by atoms with Gasteiger partial charge >= 0.3 is 0 Å². The average Bonchev–Trinajstić information content (AvgIpc) is 2.52. The molecule has 0 saturated carbocycles. The third kappa shape index (κ3) is 2.03. The first kappa shape index (κ1) is 9.03. The van der Waals surface area contributed by atoms with Gasteiger partial charge in [-0.2, -0.15) is 5.10 Å². The summed E-state index contributed by atoms with van der Waals surface area (Å²) in [6.07, 6.45) is 0.965. The maximum atomic E-state index is 5.87. The van der Waals surface area contributed by atoms with Crippen LogP contribution in [0.25, 0.3) is 0 Å². The van der Waals surface area contributed by atoms with E-state index in [1.165, 1.54) is 0 Å². The fourth-order valence-electron chi connectivity index (χ4n) is 1.25. The molecular formula is C9H8BrClN2. The van der Waals surface area contributed by atoms with Crippen LogP contribution in [0.3, 0.4) is 0 Å². The maximum Gasteiger partial charge on any atom is 0.105 e. The number of hydrazone groups is 1. The quantitative estimate of drug-likeness (QED) is 0.756. The van der Waals surface area contributed by atoms with Crippen LogP contribution in [0.4, 0.5) is 5.69 Å². The van der Waals surface area contributed by atoms with E-state index in [1.807, 2.05) is 29.3 Å². The molecule has 13 heavy (non-hydrogen) atoms. The van der Waals surface area contributed by atoms with Gasteiger partial charge in [0.1, 0.15) is 4.62 Å². The van der Waals surface area contributed by atoms with Gasteiger partial charge in [0.25, 0.3) is 0 Å². The molecule has 0 aliphatic carbocycles. The molecule has 0 atom stereocenters. The van der Waals surface area contributed by atoms with Crippen molar-refractivity contribution in [2.45, 2.75) is 6.42 Å². The lowest BCUT2D eigenvalue weighted by Crippen LogP contribution is -2.11. The van der Waals surface area contributed by atoms with Gasteiger partial charge in [-0.1, -0.05) is 17.7 Å². The lowest BCUT2D eigenvalue weighted by atomic mass is 10.3. The van der Waals surface area contributed by atoms with Crippen molar-refractivity contribution >= 4 is 37.8 Å². The van der Waals surface area contributed by atoms with Crippen LogP contribution in [0.5, 0.6) is 0 Å². The summed E-state index contributed by atoms with van der Waals surface area (Å²) < 4.78 is 0.993. The second kappa shape index (κ2) is 3.68. The van der Waals surface area contributed by atoms with Crippen molar-refractivity contribution in [2.24, 2.45) is 5.10 Å². The fourth-order valence-corrected chi connectivity index (χ4v) is 1.81. The van der Waals surface area contributed by atoms with Crippen molar-refractivity contribution < 1.29 is 0 Å². The van der Waals surface area contributed by atoms with Gasteiger partial charge < -0.3 is 0 Å². The molecule has 0 radical (unpaired) electrons. The first-order chi connectivity index (χ1) is 6.25. The highest BCUT2D eigenvalue weighted by Gasteiger charge is 2.13. The Bertz CT molecular complexity index is 351. The highest BCUT2D eigenvalue weighted by Crippen LogP contribution is 2.23. The highest BCUT2D eigenvalue weighted by molar-refractivity contribution is 9.18. The molecule has 0 saturated heterocycles. The Hall–Kier alpha value is -0.540. The van der Waals surface area contributed by atoms with Crippen LogP contribution in [0.15, 0.2) is 29.4 Å². The molecule has 2 rings (SSSR count). The fraction of sp³-hybridized carbons (Fsp3) is 0.222. The summed E-state index contributed by atoms with van der Waals surface area (Å²) in [6, 6.07) is 7.71. The Morgan fingerprint density at radius 2 is 2.31 bits per heavy atom. The molecule has 1 aliphatic rings. The maximum absolute atomic E-state index is 5.87. The number of rotatable bonds is 1. The van der Waals surface area contributed by atoms with E-state index in [-0.39, 0.29) is 0 Å². The second-order valence-corrected chi connectivity index (χ2v) is 4.18. The molecule has 0 unspecified atom stereocenters. The predicted octanol–water partition coefficient (Wildman–Crippen LogP) is 3.26. The molecular weight excluding hydrogens is 251 g/mol. The van der Waals surface area contributed by atoms with Gasteiger partial charge in [-0.05, 0) is 34.1 Å². The van der Waals surface area contributed by atoms with Gasteiger partial charge in [0.05, 0.1) is 5.69 Å². The Balaban J connectivity index is 2.26. The summed E-state index contributed by atoms with van der Waals surface area (Å²) in [5, 5.41) is 6.99. The van der Waals surface area contributed by atoms with Crippen molar-refractivity contribution in [3.05, 3.63) is 29.3 Å². The largest absolute Gasteiger partial charge is 0.264 e. The molecule has 1 heterocycles. The van der Waals surface area contributed by atoms with Crippen molar-refractivity contribution in [2.75, 3.05) is 11.6 Å². The molecule has 0 bridgehead atoms. The monoisotopic (exact) mass is 258 g/mol. The van der Waals surface area contributed by atoms with Crippen molar-refractivity contribution in [3.63, 3.8) is 0 Å². The molecule has 0 aromatic heterocycles.